The Balaban J connectivity index is 1.74. The highest BCUT2D eigenvalue weighted by molar-refractivity contribution is 8.23. The second-order valence-electron chi connectivity index (χ2n) is 5.52. The Morgan fingerprint density at radius 3 is 2.62 bits per heavy atom. The molecule has 2 rings (SSSR count). The number of hydrogen-bond donors (Lipinski definition) is 1. The van der Waals surface area contributed by atoms with E-state index in [1.807, 2.05) is 0 Å². The van der Waals surface area contributed by atoms with E-state index in [4.69, 9.17) is 26.4 Å². The van der Waals surface area contributed by atoms with Crippen molar-refractivity contribution in [2.75, 3.05) is 45.0 Å². The Bertz CT molecular complexity index is 663. The van der Waals surface area contributed by atoms with Crippen molar-refractivity contribution in [1.82, 2.24) is 4.90 Å². The van der Waals surface area contributed by atoms with Gasteiger partial charge in [0.25, 0.3) is 5.91 Å². The third-order valence-corrected chi connectivity index (χ3v) is 5.22. The lowest BCUT2D eigenvalue weighted by atomic mass is 10.2. The first-order valence-corrected chi connectivity index (χ1v) is 9.52. The first kappa shape index (κ1) is 20.3. The van der Waals surface area contributed by atoms with Gasteiger partial charge in [0.15, 0.2) is 6.61 Å². The van der Waals surface area contributed by atoms with Crippen molar-refractivity contribution in [1.29, 1.82) is 0 Å². The van der Waals surface area contributed by atoms with Crippen LogP contribution in [0.4, 0.5) is 5.69 Å². The number of carbonyl (C=O) groups excluding carboxylic acids is 2. The number of carbonyl (C=O) groups is 2. The van der Waals surface area contributed by atoms with E-state index in [2.05, 4.69) is 10.2 Å². The van der Waals surface area contributed by atoms with Crippen LogP contribution in [0.15, 0.2) is 18.2 Å². The summed E-state index contributed by atoms with van der Waals surface area (Å²) in [5, 5.41) is 2.64. The van der Waals surface area contributed by atoms with E-state index < -0.39 is 11.9 Å². The highest BCUT2D eigenvalue weighted by Crippen LogP contribution is 2.28. The fraction of sp³-hybridized carbons (Fsp3) is 0.471. The standard InChI is InChI=1S/C17H22N2O5S2/c1-22-12-5-6-13(14(9-12)23-2)18-15(20)10-24-16(21)11-26-17(25)19-7-3-4-8-19/h5-6,9H,3-4,7-8,10-11H2,1-2H3,(H,18,20). The van der Waals surface area contributed by atoms with E-state index >= 15 is 0 Å². The zero-order chi connectivity index (χ0) is 18.9. The van der Waals surface area contributed by atoms with Crippen LogP contribution in [0.3, 0.4) is 0 Å². The van der Waals surface area contributed by atoms with Gasteiger partial charge in [-0.1, -0.05) is 24.0 Å². The molecule has 9 heteroatoms. The van der Waals surface area contributed by atoms with E-state index in [9.17, 15) is 9.59 Å². The normalized spacial score (nSPS) is 13.2. The van der Waals surface area contributed by atoms with Gasteiger partial charge in [-0.25, -0.2) is 0 Å². The number of hydrogen-bond acceptors (Lipinski definition) is 7. The third kappa shape index (κ3) is 6.06. The van der Waals surface area contributed by atoms with Crippen LogP contribution < -0.4 is 14.8 Å². The Hall–Kier alpha value is -2.00. The lowest BCUT2D eigenvalue weighted by Gasteiger charge is -2.17. The number of thiocarbonyl (C=S) groups is 1. The van der Waals surface area contributed by atoms with E-state index in [0.29, 0.717) is 21.5 Å². The van der Waals surface area contributed by atoms with Crippen LogP contribution in [-0.4, -0.2) is 60.8 Å². The average molecular weight is 399 g/mol. The van der Waals surface area contributed by atoms with Crippen molar-refractivity contribution in [2.24, 2.45) is 0 Å². The quantitative estimate of drug-likeness (QED) is 0.554. The van der Waals surface area contributed by atoms with Gasteiger partial charge in [-0.2, -0.15) is 0 Å². The minimum Gasteiger partial charge on any atom is -0.497 e. The predicted molar refractivity (Wildman–Crippen MR) is 105 cm³/mol. The van der Waals surface area contributed by atoms with E-state index in [-0.39, 0.29) is 12.4 Å². The zero-order valence-electron chi connectivity index (χ0n) is 14.8. The molecule has 1 saturated heterocycles. The van der Waals surface area contributed by atoms with Gasteiger partial charge in [0, 0.05) is 19.2 Å². The number of rotatable bonds is 7. The Morgan fingerprint density at radius 2 is 1.96 bits per heavy atom. The summed E-state index contributed by atoms with van der Waals surface area (Å²) < 4.78 is 16.0. The lowest BCUT2D eigenvalue weighted by Crippen LogP contribution is -2.25. The van der Waals surface area contributed by atoms with Crippen LogP contribution in [0.1, 0.15) is 12.8 Å². The van der Waals surface area contributed by atoms with Crippen molar-refractivity contribution in [2.45, 2.75) is 12.8 Å². The fourth-order valence-electron chi connectivity index (χ4n) is 2.39. The molecule has 0 atom stereocenters. The number of amides is 1. The fourth-order valence-corrected chi connectivity index (χ4v) is 3.44. The Morgan fingerprint density at radius 1 is 1.23 bits per heavy atom. The highest BCUT2D eigenvalue weighted by atomic mass is 32.2. The Kier molecular flexibility index (Phi) is 7.99. The minimum absolute atomic E-state index is 0.0917. The van der Waals surface area contributed by atoms with Crippen LogP contribution in [0, 0.1) is 0 Å². The molecule has 1 aliphatic heterocycles. The predicted octanol–water partition coefficient (Wildman–Crippen LogP) is 2.30. The zero-order valence-corrected chi connectivity index (χ0v) is 16.4. The molecule has 7 nitrogen and oxygen atoms in total. The number of methoxy groups -OCH3 is 2. The molecule has 142 valence electrons. The molecule has 1 N–H and O–H groups in total. The van der Waals surface area contributed by atoms with Crippen molar-refractivity contribution in [3.8, 4) is 11.5 Å². The number of likely N-dealkylation sites (tertiary alicyclic amines) is 1. The number of nitrogens with one attached hydrogen (secondary N) is 1. The number of nitrogens with zero attached hydrogens (tertiary/aromatic N) is 1. The Labute approximate surface area is 162 Å². The van der Waals surface area contributed by atoms with Gasteiger partial charge in [0.1, 0.15) is 15.8 Å². The summed E-state index contributed by atoms with van der Waals surface area (Å²) in [5.74, 6) is 0.226. The summed E-state index contributed by atoms with van der Waals surface area (Å²) in [6.07, 6.45) is 2.25. The lowest BCUT2D eigenvalue weighted by molar-refractivity contribution is -0.144. The van der Waals surface area contributed by atoms with Gasteiger partial charge < -0.3 is 24.4 Å². The summed E-state index contributed by atoms with van der Waals surface area (Å²) in [6, 6.07) is 5.00. The van der Waals surface area contributed by atoms with E-state index in [0.717, 1.165) is 25.9 Å². The maximum atomic E-state index is 12.0. The third-order valence-electron chi connectivity index (χ3n) is 3.72. The number of benzene rings is 1. The monoisotopic (exact) mass is 398 g/mol. The molecule has 1 fully saturated rings. The number of ether oxygens (including phenoxy) is 3. The van der Waals surface area contributed by atoms with Crippen LogP contribution >= 0.6 is 24.0 Å². The van der Waals surface area contributed by atoms with Gasteiger partial charge in [0.2, 0.25) is 0 Å². The molecular weight excluding hydrogens is 376 g/mol. The molecule has 0 aliphatic carbocycles. The molecule has 0 spiro atoms. The molecule has 26 heavy (non-hydrogen) atoms. The van der Waals surface area contributed by atoms with Crippen LogP contribution in [0.2, 0.25) is 0 Å². The molecule has 1 amide bonds. The minimum atomic E-state index is -0.478. The average Bonchev–Trinajstić information content (AvgIpc) is 3.19. The molecular formula is C17H22N2O5S2. The van der Waals surface area contributed by atoms with Crippen LogP contribution in [-0.2, 0) is 14.3 Å². The SMILES string of the molecule is COc1ccc(NC(=O)COC(=O)CSC(=S)N2CCCC2)c(OC)c1. The molecule has 0 saturated carbocycles. The molecule has 1 heterocycles. The largest absolute Gasteiger partial charge is 0.497 e. The summed E-state index contributed by atoms with van der Waals surface area (Å²) in [5.41, 5.74) is 0.471. The first-order chi connectivity index (χ1) is 12.5. The molecule has 0 radical (unpaired) electrons. The molecule has 0 aromatic heterocycles. The van der Waals surface area contributed by atoms with Gasteiger partial charge in [-0.05, 0) is 25.0 Å². The summed E-state index contributed by atoms with van der Waals surface area (Å²) in [6.45, 7) is 1.50. The second-order valence-corrected chi connectivity index (χ2v) is 7.13. The van der Waals surface area contributed by atoms with Gasteiger partial charge >= 0.3 is 5.97 Å². The number of anilines is 1. The first-order valence-electron chi connectivity index (χ1n) is 8.12. The molecule has 1 aromatic carbocycles. The molecule has 1 aromatic rings. The van der Waals surface area contributed by atoms with Crippen molar-refractivity contribution in [3.63, 3.8) is 0 Å². The number of thioether (sulfide) groups is 1. The van der Waals surface area contributed by atoms with Crippen molar-refractivity contribution in [3.05, 3.63) is 18.2 Å². The highest BCUT2D eigenvalue weighted by Gasteiger charge is 2.17. The molecule has 0 unspecified atom stereocenters. The topological polar surface area (TPSA) is 77.1 Å². The maximum Gasteiger partial charge on any atom is 0.316 e. The molecule has 1 aliphatic rings. The second kappa shape index (κ2) is 10.2. The summed E-state index contributed by atoms with van der Waals surface area (Å²) in [4.78, 5) is 25.8. The van der Waals surface area contributed by atoms with Gasteiger partial charge in [-0.3, -0.25) is 9.59 Å². The molecule has 0 bridgehead atoms. The summed E-state index contributed by atoms with van der Waals surface area (Å²) in [7, 11) is 3.03. The van der Waals surface area contributed by atoms with E-state index in [1.54, 1.807) is 25.3 Å². The smallest absolute Gasteiger partial charge is 0.316 e. The van der Waals surface area contributed by atoms with Crippen LogP contribution in [0.25, 0.3) is 0 Å². The maximum absolute atomic E-state index is 12.0. The number of esters is 1. The van der Waals surface area contributed by atoms with E-state index in [1.165, 1.54) is 18.9 Å². The van der Waals surface area contributed by atoms with Crippen LogP contribution in [0.5, 0.6) is 11.5 Å². The van der Waals surface area contributed by atoms with Gasteiger partial charge in [0.05, 0.1) is 25.7 Å². The van der Waals surface area contributed by atoms with Gasteiger partial charge in [-0.15, -0.1) is 0 Å². The van der Waals surface area contributed by atoms with Crippen molar-refractivity contribution < 1.29 is 23.8 Å². The van der Waals surface area contributed by atoms with Crippen molar-refractivity contribution >= 4 is 45.9 Å². The summed E-state index contributed by atoms with van der Waals surface area (Å²) >= 11 is 6.55.